The van der Waals surface area contributed by atoms with Gasteiger partial charge >= 0.3 is 6.18 Å². The Morgan fingerprint density at radius 2 is 2.00 bits per heavy atom. The van der Waals surface area contributed by atoms with E-state index in [0.717, 1.165) is 6.07 Å². The van der Waals surface area contributed by atoms with Crippen LogP contribution < -0.4 is 0 Å². The number of nitrogens with zero attached hydrogens (tertiary/aromatic N) is 1. The number of rotatable bonds is 0. The predicted molar refractivity (Wildman–Crippen MR) is 56.3 cm³/mol. The molecule has 0 bridgehead atoms. The highest BCUT2D eigenvalue weighted by atomic mass is 19.4. The maximum atomic E-state index is 12.5. The van der Waals surface area contributed by atoms with Crippen LogP contribution in [0.2, 0.25) is 0 Å². The Morgan fingerprint density at radius 3 is 2.59 bits per heavy atom. The predicted octanol–water partition coefficient (Wildman–Crippen LogP) is 3.11. The number of aromatic nitrogens is 1. The first kappa shape index (κ1) is 12.4. The number of fused-ring (bicyclic) bond motifs is 1. The third kappa shape index (κ3) is 2.44. The lowest BCUT2D eigenvalue weighted by atomic mass is 9.75. The zero-order valence-electron chi connectivity index (χ0n) is 9.67. The molecule has 0 aromatic carbocycles. The monoisotopic (exact) mass is 245 g/mol. The molecule has 1 aliphatic rings. The molecule has 1 N–H and O–H groups in total. The van der Waals surface area contributed by atoms with Gasteiger partial charge in [0.05, 0.1) is 6.10 Å². The van der Waals surface area contributed by atoms with Crippen LogP contribution in [0.15, 0.2) is 12.1 Å². The van der Waals surface area contributed by atoms with E-state index in [0.29, 0.717) is 24.1 Å². The van der Waals surface area contributed by atoms with Crippen LogP contribution in [0.3, 0.4) is 0 Å². The molecule has 94 valence electrons. The highest BCUT2D eigenvalue weighted by Gasteiger charge is 2.36. The van der Waals surface area contributed by atoms with Gasteiger partial charge in [-0.1, -0.05) is 19.9 Å². The van der Waals surface area contributed by atoms with Gasteiger partial charge in [-0.3, -0.25) is 0 Å². The Hall–Kier alpha value is -1.10. The van der Waals surface area contributed by atoms with Crippen molar-refractivity contribution >= 4 is 0 Å². The molecular formula is C12H14F3NO. The third-order valence-corrected chi connectivity index (χ3v) is 3.05. The summed E-state index contributed by atoms with van der Waals surface area (Å²) in [6.07, 6.45) is -4.14. The molecule has 2 rings (SSSR count). The topological polar surface area (TPSA) is 33.1 Å². The zero-order chi connectivity index (χ0) is 12.8. The number of pyridine rings is 1. The molecule has 0 saturated carbocycles. The van der Waals surface area contributed by atoms with E-state index in [1.165, 1.54) is 6.07 Å². The van der Waals surface area contributed by atoms with E-state index >= 15 is 0 Å². The third-order valence-electron chi connectivity index (χ3n) is 3.05. The largest absolute Gasteiger partial charge is 0.433 e. The highest BCUT2D eigenvalue weighted by Crippen LogP contribution is 2.41. The van der Waals surface area contributed by atoms with Crippen molar-refractivity contribution in [2.45, 2.75) is 39.0 Å². The van der Waals surface area contributed by atoms with Gasteiger partial charge in [0.1, 0.15) is 5.69 Å². The molecular weight excluding hydrogens is 231 g/mol. The van der Waals surface area contributed by atoms with Gasteiger partial charge in [-0.05, 0) is 24.3 Å². The molecule has 0 aliphatic heterocycles. The zero-order valence-corrected chi connectivity index (χ0v) is 9.67. The summed E-state index contributed by atoms with van der Waals surface area (Å²) in [4.78, 5) is 3.65. The number of halogens is 3. The van der Waals surface area contributed by atoms with Crippen LogP contribution in [0.5, 0.6) is 0 Å². The Labute approximate surface area is 97.5 Å². The molecule has 1 aromatic rings. The molecule has 17 heavy (non-hydrogen) atoms. The van der Waals surface area contributed by atoms with Crippen molar-refractivity contribution in [3.63, 3.8) is 0 Å². The molecule has 1 heterocycles. The van der Waals surface area contributed by atoms with Crippen molar-refractivity contribution in [2.24, 2.45) is 5.41 Å². The standard InChI is InChI=1S/C12H14F3NO/c1-11(2)5-8-7(9(17)6-11)3-4-10(16-8)12(13,14)15/h3-4,9,17H,5-6H2,1-2H3. The quantitative estimate of drug-likeness (QED) is 0.761. The molecule has 1 unspecified atom stereocenters. The number of hydrogen-bond acceptors (Lipinski definition) is 2. The number of aliphatic hydroxyl groups is 1. The number of alkyl halides is 3. The first-order valence-electron chi connectivity index (χ1n) is 5.44. The first-order valence-corrected chi connectivity index (χ1v) is 5.44. The number of aliphatic hydroxyl groups excluding tert-OH is 1. The van der Waals surface area contributed by atoms with Gasteiger partial charge in [0.2, 0.25) is 0 Å². The van der Waals surface area contributed by atoms with E-state index in [1.54, 1.807) is 0 Å². The Bertz CT molecular complexity index is 440. The van der Waals surface area contributed by atoms with Crippen LogP contribution >= 0.6 is 0 Å². The molecule has 1 aliphatic carbocycles. The fraction of sp³-hybridized carbons (Fsp3) is 0.583. The maximum Gasteiger partial charge on any atom is 0.433 e. The van der Waals surface area contributed by atoms with Crippen LogP contribution in [0.25, 0.3) is 0 Å². The minimum Gasteiger partial charge on any atom is -0.388 e. The molecule has 1 aromatic heterocycles. The van der Waals surface area contributed by atoms with E-state index in [4.69, 9.17) is 0 Å². The summed E-state index contributed by atoms with van der Waals surface area (Å²) in [7, 11) is 0. The Balaban J connectivity index is 2.45. The first-order chi connectivity index (χ1) is 7.69. The average Bonchev–Trinajstić information content (AvgIpc) is 2.13. The molecule has 2 nitrogen and oxygen atoms in total. The van der Waals surface area contributed by atoms with Crippen LogP contribution in [-0.4, -0.2) is 10.1 Å². The second-order valence-electron chi connectivity index (χ2n) is 5.29. The van der Waals surface area contributed by atoms with Gasteiger partial charge < -0.3 is 5.11 Å². The smallest absolute Gasteiger partial charge is 0.388 e. The second-order valence-corrected chi connectivity index (χ2v) is 5.29. The summed E-state index contributed by atoms with van der Waals surface area (Å²) in [6, 6.07) is 2.27. The van der Waals surface area contributed by atoms with Crippen molar-refractivity contribution < 1.29 is 18.3 Å². The molecule has 1 atom stereocenters. The minimum atomic E-state index is -4.43. The summed E-state index contributed by atoms with van der Waals surface area (Å²) in [5.41, 5.74) is -0.217. The van der Waals surface area contributed by atoms with Crippen LogP contribution in [0.1, 0.15) is 43.3 Å². The number of hydrogen-bond donors (Lipinski definition) is 1. The van der Waals surface area contributed by atoms with Crippen molar-refractivity contribution in [2.75, 3.05) is 0 Å². The summed E-state index contributed by atoms with van der Waals surface area (Å²) in [5, 5.41) is 9.87. The van der Waals surface area contributed by atoms with E-state index in [1.807, 2.05) is 13.8 Å². The van der Waals surface area contributed by atoms with Gasteiger partial charge in [0, 0.05) is 11.3 Å². The van der Waals surface area contributed by atoms with Crippen molar-refractivity contribution in [3.8, 4) is 0 Å². The lowest BCUT2D eigenvalue weighted by Gasteiger charge is -2.34. The summed E-state index contributed by atoms with van der Waals surface area (Å²) in [6.45, 7) is 3.84. The highest BCUT2D eigenvalue weighted by molar-refractivity contribution is 5.29. The van der Waals surface area contributed by atoms with E-state index in [2.05, 4.69) is 4.98 Å². The van der Waals surface area contributed by atoms with Crippen molar-refractivity contribution in [3.05, 3.63) is 29.1 Å². The van der Waals surface area contributed by atoms with Gasteiger partial charge in [-0.15, -0.1) is 0 Å². The molecule has 0 radical (unpaired) electrons. The fourth-order valence-corrected chi connectivity index (χ4v) is 2.27. The average molecular weight is 245 g/mol. The summed E-state index contributed by atoms with van der Waals surface area (Å²) in [5.74, 6) is 0. The lowest BCUT2D eigenvalue weighted by molar-refractivity contribution is -0.141. The molecule has 0 saturated heterocycles. The van der Waals surface area contributed by atoms with Crippen molar-refractivity contribution in [1.82, 2.24) is 4.98 Å². The van der Waals surface area contributed by atoms with Crippen molar-refractivity contribution in [1.29, 1.82) is 0 Å². The lowest BCUT2D eigenvalue weighted by Crippen LogP contribution is -2.27. The van der Waals surface area contributed by atoms with Gasteiger partial charge in [0.25, 0.3) is 0 Å². The normalized spacial score (nSPS) is 23.3. The molecule has 0 spiro atoms. The van der Waals surface area contributed by atoms with Crippen LogP contribution in [0, 0.1) is 5.41 Å². The maximum absolute atomic E-state index is 12.5. The Morgan fingerprint density at radius 1 is 1.35 bits per heavy atom. The van der Waals surface area contributed by atoms with Gasteiger partial charge in [-0.25, -0.2) is 4.98 Å². The van der Waals surface area contributed by atoms with Gasteiger partial charge in [-0.2, -0.15) is 13.2 Å². The molecule has 5 heteroatoms. The van der Waals surface area contributed by atoms with E-state index in [-0.39, 0.29) is 5.41 Å². The Kier molecular flexibility index (Phi) is 2.69. The minimum absolute atomic E-state index is 0.219. The fourth-order valence-electron chi connectivity index (χ4n) is 2.27. The SMILES string of the molecule is CC1(C)Cc2nc(C(F)(F)F)ccc2C(O)C1. The van der Waals surface area contributed by atoms with E-state index < -0.39 is 18.0 Å². The van der Waals surface area contributed by atoms with Gasteiger partial charge in [0.15, 0.2) is 0 Å². The van der Waals surface area contributed by atoms with Crippen LogP contribution in [0.4, 0.5) is 13.2 Å². The van der Waals surface area contributed by atoms with E-state index in [9.17, 15) is 18.3 Å². The summed E-state index contributed by atoms with van der Waals surface area (Å²) >= 11 is 0. The summed E-state index contributed by atoms with van der Waals surface area (Å²) < 4.78 is 37.6. The molecule has 0 fully saturated rings. The second kappa shape index (κ2) is 3.70. The molecule has 0 amide bonds. The van der Waals surface area contributed by atoms with Crippen LogP contribution in [-0.2, 0) is 12.6 Å².